The summed E-state index contributed by atoms with van der Waals surface area (Å²) in [5, 5.41) is 0. The third-order valence-electron chi connectivity index (χ3n) is 6.41. The van der Waals surface area contributed by atoms with Crippen LogP contribution in [0.4, 0.5) is 0 Å². The van der Waals surface area contributed by atoms with Crippen molar-refractivity contribution in [2.45, 2.75) is 65.7 Å². The highest BCUT2D eigenvalue weighted by Gasteiger charge is 2.55. The minimum Gasteiger partial charge on any atom is -0.299 e. The first-order valence-corrected chi connectivity index (χ1v) is 8.43. The van der Waals surface area contributed by atoms with E-state index in [2.05, 4.69) is 32.9 Å². The molecule has 1 saturated carbocycles. The number of carbonyl (C=O) groups is 2. The Morgan fingerprint density at radius 2 is 1.86 bits per heavy atom. The second-order valence-electron chi connectivity index (χ2n) is 7.88. The monoisotopic (exact) mass is 298 g/mol. The lowest BCUT2D eigenvalue weighted by Crippen LogP contribution is -2.53. The number of hydrogen-bond donors (Lipinski definition) is 0. The minimum absolute atomic E-state index is 0.0573. The highest BCUT2D eigenvalue weighted by atomic mass is 16.1. The second kappa shape index (κ2) is 4.78. The summed E-state index contributed by atoms with van der Waals surface area (Å²) in [6.45, 7) is 10.6. The van der Waals surface area contributed by atoms with Gasteiger partial charge in [0, 0.05) is 23.8 Å². The van der Waals surface area contributed by atoms with Gasteiger partial charge in [0.05, 0.1) is 0 Å². The van der Waals surface area contributed by atoms with Crippen LogP contribution in [0.1, 0.15) is 74.0 Å². The number of aryl methyl sites for hydroxylation is 1. The van der Waals surface area contributed by atoms with Crippen LogP contribution in [0, 0.1) is 18.3 Å². The summed E-state index contributed by atoms with van der Waals surface area (Å²) < 4.78 is 0. The first kappa shape index (κ1) is 15.5. The smallest absolute Gasteiger partial charge is 0.163 e. The van der Waals surface area contributed by atoms with Crippen molar-refractivity contribution in [3.8, 4) is 0 Å². The summed E-state index contributed by atoms with van der Waals surface area (Å²) in [5.41, 5.74) is 4.11. The molecule has 1 aromatic rings. The Morgan fingerprint density at radius 3 is 2.50 bits per heavy atom. The van der Waals surface area contributed by atoms with E-state index in [9.17, 15) is 9.59 Å². The molecule has 2 nitrogen and oxygen atoms in total. The van der Waals surface area contributed by atoms with Crippen LogP contribution in [-0.2, 0) is 16.6 Å². The van der Waals surface area contributed by atoms with E-state index in [-0.39, 0.29) is 17.1 Å². The Morgan fingerprint density at radius 1 is 1.18 bits per heavy atom. The van der Waals surface area contributed by atoms with Gasteiger partial charge in [0.1, 0.15) is 5.78 Å². The van der Waals surface area contributed by atoms with Crippen molar-refractivity contribution in [3.05, 3.63) is 34.4 Å². The van der Waals surface area contributed by atoms with E-state index in [1.807, 2.05) is 13.8 Å². The van der Waals surface area contributed by atoms with Crippen molar-refractivity contribution in [2.75, 3.05) is 0 Å². The van der Waals surface area contributed by atoms with Gasteiger partial charge in [0.2, 0.25) is 0 Å². The molecule has 0 bridgehead atoms. The van der Waals surface area contributed by atoms with Crippen LogP contribution in [0.3, 0.4) is 0 Å². The van der Waals surface area contributed by atoms with Gasteiger partial charge in [-0.05, 0) is 47.8 Å². The van der Waals surface area contributed by atoms with E-state index in [0.717, 1.165) is 18.4 Å². The first-order valence-electron chi connectivity index (χ1n) is 8.43. The third kappa shape index (κ3) is 1.85. The maximum atomic E-state index is 12.9. The van der Waals surface area contributed by atoms with Crippen LogP contribution < -0.4 is 0 Å². The molecule has 118 valence electrons. The lowest BCUT2D eigenvalue weighted by Gasteiger charge is -2.53. The summed E-state index contributed by atoms with van der Waals surface area (Å²) in [4.78, 5) is 25.3. The molecule has 0 saturated heterocycles. The van der Waals surface area contributed by atoms with E-state index < -0.39 is 5.41 Å². The number of benzene rings is 1. The van der Waals surface area contributed by atoms with E-state index in [0.29, 0.717) is 18.6 Å². The Labute approximate surface area is 133 Å². The van der Waals surface area contributed by atoms with Gasteiger partial charge in [-0.25, -0.2) is 0 Å². The fraction of sp³-hybridized carbons (Fsp3) is 0.600. The van der Waals surface area contributed by atoms with E-state index >= 15 is 0 Å². The first-order chi connectivity index (χ1) is 10.2. The molecule has 2 atom stereocenters. The van der Waals surface area contributed by atoms with Crippen LogP contribution in [-0.4, -0.2) is 11.6 Å². The zero-order valence-corrected chi connectivity index (χ0v) is 14.4. The van der Waals surface area contributed by atoms with Gasteiger partial charge < -0.3 is 0 Å². The Hall–Kier alpha value is -1.44. The van der Waals surface area contributed by atoms with Gasteiger partial charge >= 0.3 is 0 Å². The molecular formula is C20H26O2. The Bertz CT molecular complexity index is 669. The van der Waals surface area contributed by atoms with Gasteiger partial charge in [-0.3, -0.25) is 9.59 Å². The number of carbonyl (C=O) groups excluding carboxylic acids is 2. The van der Waals surface area contributed by atoms with Gasteiger partial charge in [-0.1, -0.05) is 39.8 Å². The average molecular weight is 298 g/mol. The summed E-state index contributed by atoms with van der Waals surface area (Å²) >= 11 is 0. The zero-order chi connectivity index (χ0) is 16.3. The topological polar surface area (TPSA) is 34.1 Å². The molecule has 0 aromatic heterocycles. The fourth-order valence-corrected chi connectivity index (χ4v) is 4.95. The molecule has 0 N–H and O–H groups in total. The molecule has 0 heterocycles. The van der Waals surface area contributed by atoms with Crippen LogP contribution in [0.15, 0.2) is 12.1 Å². The third-order valence-corrected chi connectivity index (χ3v) is 6.41. The van der Waals surface area contributed by atoms with Crippen molar-refractivity contribution in [1.29, 1.82) is 0 Å². The largest absolute Gasteiger partial charge is 0.299 e. The summed E-state index contributed by atoms with van der Waals surface area (Å²) in [7, 11) is 0. The van der Waals surface area contributed by atoms with Crippen molar-refractivity contribution in [3.63, 3.8) is 0 Å². The van der Waals surface area contributed by atoms with Crippen LogP contribution in [0.5, 0.6) is 0 Å². The SMILES string of the molecule is CCc1c(C)ccc2c1C(=O)C[C@H]1C(C)(C)C(=O)CC[C@]21C. The molecule has 1 fully saturated rings. The molecule has 0 radical (unpaired) electrons. The molecule has 0 amide bonds. The number of ketones is 2. The number of Topliss-reactive ketones (excluding diaryl/α,β-unsaturated/α-hetero) is 2. The molecule has 0 spiro atoms. The fourth-order valence-electron chi connectivity index (χ4n) is 4.95. The van der Waals surface area contributed by atoms with Crippen molar-refractivity contribution in [2.24, 2.45) is 11.3 Å². The van der Waals surface area contributed by atoms with E-state index in [1.165, 1.54) is 16.7 Å². The highest BCUT2D eigenvalue weighted by Crippen LogP contribution is 2.56. The van der Waals surface area contributed by atoms with Crippen molar-refractivity contribution < 1.29 is 9.59 Å². The van der Waals surface area contributed by atoms with Crippen molar-refractivity contribution >= 4 is 11.6 Å². The van der Waals surface area contributed by atoms with Crippen LogP contribution in [0.2, 0.25) is 0 Å². The minimum atomic E-state index is -0.405. The summed E-state index contributed by atoms with van der Waals surface area (Å²) in [6, 6.07) is 4.31. The predicted octanol–water partition coefficient (Wildman–Crippen LogP) is 4.41. The average Bonchev–Trinajstić information content (AvgIpc) is 2.46. The number of rotatable bonds is 1. The van der Waals surface area contributed by atoms with Gasteiger partial charge in [-0.15, -0.1) is 0 Å². The predicted molar refractivity (Wildman–Crippen MR) is 88.4 cm³/mol. The molecule has 0 aliphatic heterocycles. The molecular weight excluding hydrogens is 272 g/mol. The quantitative estimate of drug-likeness (QED) is 0.769. The Kier molecular flexibility index (Phi) is 3.36. The van der Waals surface area contributed by atoms with Gasteiger partial charge in [0.25, 0.3) is 0 Å². The summed E-state index contributed by atoms with van der Waals surface area (Å²) in [5.74, 6) is 0.670. The van der Waals surface area contributed by atoms with Crippen LogP contribution >= 0.6 is 0 Å². The van der Waals surface area contributed by atoms with E-state index in [4.69, 9.17) is 0 Å². The molecule has 2 aliphatic carbocycles. The normalized spacial score (nSPS) is 30.0. The van der Waals surface area contributed by atoms with Crippen LogP contribution in [0.25, 0.3) is 0 Å². The molecule has 22 heavy (non-hydrogen) atoms. The Balaban J connectivity index is 2.25. The molecule has 1 aromatic carbocycles. The maximum absolute atomic E-state index is 12.9. The van der Waals surface area contributed by atoms with E-state index in [1.54, 1.807) is 0 Å². The number of fused-ring (bicyclic) bond motifs is 3. The summed E-state index contributed by atoms with van der Waals surface area (Å²) in [6.07, 6.45) is 2.90. The highest BCUT2D eigenvalue weighted by molar-refractivity contribution is 6.02. The van der Waals surface area contributed by atoms with Crippen molar-refractivity contribution in [1.82, 2.24) is 0 Å². The lowest BCUT2D eigenvalue weighted by atomic mass is 9.49. The molecule has 0 unspecified atom stereocenters. The molecule has 2 aliphatic rings. The van der Waals surface area contributed by atoms with Gasteiger partial charge in [-0.2, -0.15) is 0 Å². The number of hydrogen-bond acceptors (Lipinski definition) is 2. The second-order valence-corrected chi connectivity index (χ2v) is 7.88. The zero-order valence-electron chi connectivity index (χ0n) is 14.4. The molecule has 2 heteroatoms. The lowest BCUT2D eigenvalue weighted by molar-refractivity contribution is -0.136. The van der Waals surface area contributed by atoms with Gasteiger partial charge in [0.15, 0.2) is 5.78 Å². The standard InChI is InChI=1S/C20H26O2/c1-6-13-12(2)7-8-14-18(13)15(21)11-16-19(3,4)17(22)9-10-20(14,16)5/h7-8,16H,6,9-11H2,1-5H3/t16-,20+/m0/s1. The molecule has 3 rings (SSSR count). The maximum Gasteiger partial charge on any atom is 0.163 e.